The lowest BCUT2D eigenvalue weighted by atomic mass is 9.93. The topological polar surface area (TPSA) is 67.8 Å². The smallest absolute Gasteiger partial charge is 0.191 e. The molecule has 0 aliphatic carbocycles. The van der Waals surface area contributed by atoms with E-state index in [4.69, 9.17) is 14.5 Å². The average molecular weight is 510 g/mol. The predicted octanol–water partition coefficient (Wildman–Crippen LogP) is 3.35. The first kappa shape index (κ1) is 24.6. The van der Waals surface area contributed by atoms with E-state index in [1.165, 1.54) is 10.7 Å². The lowest BCUT2D eigenvalue weighted by molar-refractivity contribution is 0.0424. The number of rotatable bonds is 9. The maximum atomic E-state index is 5.77. The van der Waals surface area contributed by atoms with Crippen LogP contribution in [0.1, 0.15) is 51.2 Å². The van der Waals surface area contributed by atoms with Gasteiger partial charge in [-0.15, -0.1) is 35.3 Å². The minimum atomic E-state index is 0. The second-order valence-electron chi connectivity index (χ2n) is 7.52. The van der Waals surface area contributed by atoms with Gasteiger partial charge in [0.15, 0.2) is 5.96 Å². The van der Waals surface area contributed by atoms with E-state index in [0.29, 0.717) is 0 Å². The first-order chi connectivity index (χ1) is 12.5. The van der Waals surface area contributed by atoms with Crippen molar-refractivity contribution in [1.29, 1.82) is 0 Å². The fourth-order valence-corrected chi connectivity index (χ4v) is 3.57. The zero-order valence-corrected chi connectivity index (χ0v) is 20.2. The molecule has 0 saturated carbocycles. The number of aliphatic imine (C=N–C) groups is 1. The van der Waals surface area contributed by atoms with Crippen molar-refractivity contribution in [3.8, 4) is 0 Å². The van der Waals surface area contributed by atoms with Crippen LogP contribution in [0.15, 0.2) is 10.4 Å². The fraction of sp³-hybridized carbons (Fsp3) is 0.789. The van der Waals surface area contributed by atoms with E-state index in [1.807, 2.05) is 0 Å². The normalized spacial score (nSPS) is 17.6. The molecule has 1 saturated heterocycles. The molecule has 6 nitrogen and oxygen atoms in total. The third kappa shape index (κ3) is 9.54. The molecule has 1 atom stereocenters. The first-order valence-corrected chi connectivity index (χ1v) is 10.5. The summed E-state index contributed by atoms with van der Waals surface area (Å²) in [5.74, 6) is 0.865. The highest BCUT2D eigenvalue weighted by atomic mass is 127. The maximum absolute atomic E-state index is 5.77. The van der Waals surface area contributed by atoms with Gasteiger partial charge in [0.1, 0.15) is 0 Å². The molecule has 0 radical (unpaired) electrons. The second kappa shape index (κ2) is 12.9. The summed E-state index contributed by atoms with van der Waals surface area (Å²) < 4.78 is 11.1. The Morgan fingerprint density at radius 3 is 2.85 bits per heavy atom. The summed E-state index contributed by atoms with van der Waals surface area (Å²) in [7, 11) is 0. The summed E-state index contributed by atoms with van der Waals surface area (Å²) in [6.45, 7) is 13.4. The van der Waals surface area contributed by atoms with Gasteiger partial charge in [0.05, 0.1) is 23.4 Å². The number of hydrogen-bond donors (Lipinski definition) is 2. The quantitative estimate of drug-likeness (QED) is 0.231. The summed E-state index contributed by atoms with van der Waals surface area (Å²) in [6, 6.07) is 0. The van der Waals surface area contributed by atoms with Gasteiger partial charge in [0.2, 0.25) is 0 Å². The summed E-state index contributed by atoms with van der Waals surface area (Å²) >= 11 is 1.74. The van der Waals surface area contributed by atoms with Crippen LogP contribution in [0.25, 0.3) is 0 Å². The van der Waals surface area contributed by atoms with Crippen molar-refractivity contribution >= 4 is 41.3 Å². The van der Waals surface area contributed by atoms with Gasteiger partial charge in [-0.25, -0.2) is 4.98 Å². The molecule has 1 unspecified atom stereocenters. The molecule has 8 heteroatoms. The zero-order valence-electron chi connectivity index (χ0n) is 17.0. The van der Waals surface area contributed by atoms with Crippen molar-refractivity contribution < 1.29 is 9.47 Å². The molecule has 1 aromatic rings. The summed E-state index contributed by atoms with van der Waals surface area (Å²) in [6.07, 6.45) is 3.13. The molecule has 2 N–H and O–H groups in total. The van der Waals surface area contributed by atoms with Gasteiger partial charge in [-0.05, 0) is 19.8 Å². The third-order valence-electron chi connectivity index (χ3n) is 4.11. The van der Waals surface area contributed by atoms with E-state index in [0.717, 1.165) is 64.7 Å². The minimum Gasteiger partial charge on any atom is -0.379 e. The molecule has 1 aliphatic rings. The molecule has 0 aromatic carbocycles. The Morgan fingerprint density at radius 2 is 2.22 bits per heavy atom. The maximum Gasteiger partial charge on any atom is 0.191 e. The SMILES string of the molecule is CCNC(=NCCCOC1CCOC1)NCCc1nc(C(C)(C)C)cs1.I. The van der Waals surface area contributed by atoms with E-state index in [-0.39, 0.29) is 35.5 Å². The van der Waals surface area contributed by atoms with E-state index in [9.17, 15) is 0 Å². The predicted molar refractivity (Wildman–Crippen MR) is 124 cm³/mol. The third-order valence-corrected chi connectivity index (χ3v) is 5.02. The van der Waals surface area contributed by atoms with Gasteiger partial charge < -0.3 is 20.1 Å². The van der Waals surface area contributed by atoms with Crippen molar-refractivity contribution in [2.24, 2.45) is 4.99 Å². The summed E-state index contributed by atoms with van der Waals surface area (Å²) in [4.78, 5) is 9.36. The van der Waals surface area contributed by atoms with Crippen molar-refractivity contribution in [2.45, 2.75) is 58.5 Å². The number of aromatic nitrogens is 1. The van der Waals surface area contributed by atoms with Gasteiger partial charge in [-0.1, -0.05) is 20.8 Å². The minimum absolute atomic E-state index is 0. The Kier molecular flexibility index (Phi) is 11.7. The van der Waals surface area contributed by atoms with Crippen LogP contribution >= 0.6 is 35.3 Å². The molecule has 0 spiro atoms. The Morgan fingerprint density at radius 1 is 1.41 bits per heavy atom. The van der Waals surface area contributed by atoms with Crippen LogP contribution in [0.2, 0.25) is 0 Å². The van der Waals surface area contributed by atoms with Gasteiger partial charge in [-0.3, -0.25) is 4.99 Å². The number of hydrogen-bond acceptors (Lipinski definition) is 5. The van der Waals surface area contributed by atoms with Crippen LogP contribution in [0, 0.1) is 0 Å². The van der Waals surface area contributed by atoms with Crippen molar-refractivity contribution in [3.05, 3.63) is 16.1 Å². The molecule has 0 bridgehead atoms. The molecule has 0 amide bonds. The Balaban J connectivity index is 0.00000364. The van der Waals surface area contributed by atoms with Crippen LogP contribution in [-0.2, 0) is 21.3 Å². The average Bonchev–Trinajstić information content (AvgIpc) is 3.25. The van der Waals surface area contributed by atoms with Crippen molar-refractivity contribution in [1.82, 2.24) is 15.6 Å². The molecule has 1 aromatic heterocycles. The van der Waals surface area contributed by atoms with Crippen LogP contribution in [0.5, 0.6) is 0 Å². The molecule has 156 valence electrons. The lowest BCUT2D eigenvalue weighted by Gasteiger charge is -2.14. The Bertz CT molecular complexity index is 554. The van der Waals surface area contributed by atoms with E-state index >= 15 is 0 Å². The van der Waals surface area contributed by atoms with Crippen LogP contribution in [-0.4, -0.2) is 56.5 Å². The van der Waals surface area contributed by atoms with Crippen molar-refractivity contribution in [2.75, 3.05) is 39.5 Å². The highest BCUT2D eigenvalue weighted by molar-refractivity contribution is 14.0. The van der Waals surface area contributed by atoms with Gasteiger partial charge >= 0.3 is 0 Å². The monoisotopic (exact) mass is 510 g/mol. The van der Waals surface area contributed by atoms with Crippen LogP contribution < -0.4 is 10.6 Å². The highest BCUT2D eigenvalue weighted by Gasteiger charge is 2.17. The number of ether oxygens (including phenoxy) is 2. The van der Waals surface area contributed by atoms with Crippen molar-refractivity contribution in [3.63, 3.8) is 0 Å². The highest BCUT2D eigenvalue weighted by Crippen LogP contribution is 2.23. The Hall–Kier alpha value is -0.450. The summed E-state index contributed by atoms with van der Waals surface area (Å²) in [5, 5.41) is 10.0. The van der Waals surface area contributed by atoms with E-state index < -0.39 is 0 Å². The van der Waals surface area contributed by atoms with E-state index in [1.54, 1.807) is 11.3 Å². The number of nitrogens with zero attached hydrogens (tertiary/aromatic N) is 2. The van der Waals surface area contributed by atoms with Crippen LogP contribution in [0.3, 0.4) is 0 Å². The molecular formula is C19H35IN4O2S. The van der Waals surface area contributed by atoms with Crippen LogP contribution in [0.4, 0.5) is 0 Å². The molecule has 1 aliphatic heterocycles. The summed E-state index contributed by atoms with van der Waals surface area (Å²) in [5.41, 5.74) is 1.29. The van der Waals surface area contributed by atoms with E-state index in [2.05, 4.69) is 48.7 Å². The Labute approximate surface area is 184 Å². The first-order valence-electron chi connectivity index (χ1n) is 9.65. The molecule has 2 rings (SSSR count). The molecule has 2 heterocycles. The number of halogens is 1. The second-order valence-corrected chi connectivity index (χ2v) is 8.47. The fourth-order valence-electron chi connectivity index (χ4n) is 2.55. The van der Waals surface area contributed by atoms with Gasteiger partial charge in [-0.2, -0.15) is 0 Å². The number of thiazole rings is 1. The zero-order chi connectivity index (χ0) is 18.8. The molecule has 27 heavy (non-hydrogen) atoms. The molecule has 1 fully saturated rings. The largest absolute Gasteiger partial charge is 0.379 e. The standard InChI is InChI=1S/C19H34N4O2S.HI/c1-5-20-18(21-9-6-11-25-15-8-12-24-13-15)22-10-7-17-23-16(14-26-17)19(2,3)4;/h14-15H,5-13H2,1-4H3,(H2,20,21,22);1H. The molecular weight excluding hydrogens is 475 g/mol. The van der Waals surface area contributed by atoms with Gasteiger partial charge in [0, 0.05) is 50.1 Å². The lowest BCUT2D eigenvalue weighted by Crippen LogP contribution is -2.38. The number of guanidine groups is 1. The number of nitrogens with one attached hydrogen (secondary N) is 2. The van der Waals surface area contributed by atoms with Gasteiger partial charge in [0.25, 0.3) is 0 Å².